The van der Waals surface area contributed by atoms with Crippen LogP contribution in [0.25, 0.3) is 0 Å². The highest BCUT2D eigenvalue weighted by Gasteiger charge is 2.20. The number of benzene rings is 1. The fourth-order valence-electron chi connectivity index (χ4n) is 2.16. The average molecular weight is 352 g/mol. The van der Waals surface area contributed by atoms with E-state index in [-0.39, 0.29) is 23.3 Å². The predicted molar refractivity (Wildman–Crippen MR) is 92.4 cm³/mol. The lowest BCUT2D eigenvalue weighted by Gasteiger charge is -2.23. The lowest BCUT2D eigenvalue weighted by atomic mass is 10.2. The zero-order valence-corrected chi connectivity index (χ0v) is 14.9. The van der Waals surface area contributed by atoms with Crippen molar-refractivity contribution in [1.29, 1.82) is 0 Å². The maximum absolute atomic E-state index is 12.4. The molecule has 0 bridgehead atoms. The number of sulfonamides is 1. The van der Waals surface area contributed by atoms with Gasteiger partial charge in [-0.05, 0) is 44.6 Å². The number of carbonyl (C=O) groups is 1. The molecule has 0 spiro atoms. The number of hydrogen-bond acceptors (Lipinski definition) is 5. The number of hydrogen-bond donors (Lipinski definition) is 1. The first-order valence-electron chi connectivity index (χ1n) is 7.12. The van der Waals surface area contributed by atoms with Crippen molar-refractivity contribution in [1.82, 2.24) is 9.62 Å². The third-order valence-electron chi connectivity index (χ3n) is 3.53. The number of ketones is 1. The van der Waals surface area contributed by atoms with Crippen molar-refractivity contribution in [2.75, 3.05) is 20.6 Å². The van der Waals surface area contributed by atoms with E-state index in [1.54, 1.807) is 11.3 Å². The summed E-state index contributed by atoms with van der Waals surface area (Å²) >= 11 is 1.60. The number of Topliss-reactive ketones (excluding diaryl/α,β-unsaturated/α-hetero) is 1. The smallest absolute Gasteiger partial charge is 0.240 e. The molecule has 1 atom stereocenters. The fraction of sp³-hybridized carbons (Fsp3) is 0.312. The molecule has 124 valence electrons. The first-order valence-corrected chi connectivity index (χ1v) is 9.48. The molecule has 0 radical (unpaired) electrons. The molecule has 0 saturated heterocycles. The standard InChI is InChI=1S/C16H20N2O3S2/c1-12(19)13-6-8-14(9-7-13)23(20,21)17-11-15(18(2)3)16-5-4-10-22-16/h4-10,15,17H,11H2,1-3H3/t15-/m1/s1. The summed E-state index contributed by atoms with van der Waals surface area (Å²) in [4.78, 5) is 14.5. The van der Waals surface area contributed by atoms with E-state index >= 15 is 0 Å². The minimum absolute atomic E-state index is 0.0266. The van der Waals surface area contributed by atoms with Crippen LogP contribution in [0.15, 0.2) is 46.7 Å². The Labute approximate surface area is 141 Å². The van der Waals surface area contributed by atoms with E-state index in [9.17, 15) is 13.2 Å². The predicted octanol–water partition coefficient (Wildman–Crippen LogP) is 2.53. The molecule has 1 aromatic carbocycles. The second kappa shape index (κ2) is 7.35. The molecule has 2 aromatic rings. The molecule has 2 rings (SSSR count). The summed E-state index contributed by atoms with van der Waals surface area (Å²) in [5, 5.41) is 1.97. The van der Waals surface area contributed by atoms with Crippen molar-refractivity contribution < 1.29 is 13.2 Å². The lowest BCUT2D eigenvalue weighted by molar-refractivity contribution is 0.101. The molecule has 23 heavy (non-hydrogen) atoms. The molecule has 7 heteroatoms. The third kappa shape index (κ3) is 4.48. The van der Waals surface area contributed by atoms with Crippen LogP contribution in [0.4, 0.5) is 0 Å². The minimum Gasteiger partial charge on any atom is -0.300 e. The summed E-state index contributed by atoms with van der Waals surface area (Å²) in [7, 11) is 0.228. The first kappa shape index (κ1) is 17.8. The highest BCUT2D eigenvalue weighted by molar-refractivity contribution is 7.89. The molecule has 0 saturated carbocycles. The van der Waals surface area contributed by atoms with Crippen LogP contribution in [0.5, 0.6) is 0 Å². The van der Waals surface area contributed by atoms with E-state index in [1.165, 1.54) is 31.2 Å². The maximum Gasteiger partial charge on any atom is 0.240 e. The van der Waals surface area contributed by atoms with E-state index in [2.05, 4.69) is 4.72 Å². The Bertz CT molecular complexity index is 751. The SMILES string of the molecule is CC(=O)c1ccc(S(=O)(=O)NC[C@H](c2cccs2)N(C)C)cc1. The summed E-state index contributed by atoms with van der Waals surface area (Å²) < 4.78 is 27.4. The van der Waals surface area contributed by atoms with Crippen LogP contribution in [0, 0.1) is 0 Å². The maximum atomic E-state index is 12.4. The van der Waals surface area contributed by atoms with Gasteiger partial charge in [0.1, 0.15) is 0 Å². The van der Waals surface area contributed by atoms with Crippen LogP contribution in [0.3, 0.4) is 0 Å². The molecule has 5 nitrogen and oxygen atoms in total. The zero-order chi connectivity index (χ0) is 17.0. The molecule has 0 amide bonds. The number of likely N-dealkylation sites (N-methyl/N-ethyl adjacent to an activating group) is 1. The number of nitrogens with zero attached hydrogens (tertiary/aromatic N) is 1. The first-order chi connectivity index (χ1) is 10.8. The van der Waals surface area contributed by atoms with Gasteiger partial charge in [0.25, 0.3) is 0 Å². The second-order valence-electron chi connectivity index (χ2n) is 5.43. The topological polar surface area (TPSA) is 66.5 Å². The summed E-state index contributed by atoms with van der Waals surface area (Å²) in [5.41, 5.74) is 0.494. The summed E-state index contributed by atoms with van der Waals surface area (Å²) in [5.74, 6) is -0.0905. The fourth-order valence-corrected chi connectivity index (χ4v) is 4.12. The van der Waals surface area contributed by atoms with Gasteiger partial charge < -0.3 is 4.90 Å². The van der Waals surface area contributed by atoms with Crippen LogP contribution in [0.1, 0.15) is 28.2 Å². The van der Waals surface area contributed by atoms with E-state index in [0.717, 1.165) is 4.88 Å². The minimum atomic E-state index is -3.61. The van der Waals surface area contributed by atoms with E-state index < -0.39 is 10.0 Å². The van der Waals surface area contributed by atoms with Crippen molar-refractivity contribution in [3.05, 3.63) is 52.2 Å². The van der Waals surface area contributed by atoms with Gasteiger partial charge in [-0.15, -0.1) is 11.3 Å². The molecule has 0 aliphatic rings. The van der Waals surface area contributed by atoms with Crippen LogP contribution in [-0.4, -0.2) is 39.7 Å². The van der Waals surface area contributed by atoms with E-state index in [1.807, 2.05) is 36.5 Å². The molecule has 1 aromatic heterocycles. The normalized spacial score (nSPS) is 13.2. The zero-order valence-electron chi connectivity index (χ0n) is 13.3. The van der Waals surface area contributed by atoms with Crippen molar-refractivity contribution in [2.45, 2.75) is 17.9 Å². The van der Waals surface area contributed by atoms with Gasteiger partial charge in [-0.3, -0.25) is 4.79 Å². The Hall–Kier alpha value is -1.54. The van der Waals surface area contributed by atoms with Gasteiger partial charge in [0, 0.05) is 17.0 Å². The number of rotatable bonds is 7. The summed E-state index contributed by atoms with van der Waals surface area (Å²) in [6.45, 7) is 1.73. The highest BCUT2D eigenvalue weighted by atomic mass is 32.2. The Balaban J connectivity index is 2.12. The summed E-state index contributed by atoms with van der Waals surface area (Å²) in [6.07, 6.45) is 0. The Morgan fingerprint density at radius 2 is 1.87 bits per heavy atom. The van der Waals surface area contributed by atoms with Gasteiger partial charge in [0.2, 0.25) is 10.0 Å². The average Bonchev–Trinajstić information content (AvgIpc) is 3.01. The monoisotopic (exact) mass is 352 g/mol. The third-order valence-corrected chi connectivity index (χ3v) is 5.95. The van der Waals surface area contributed by atoms with Crippen molar-refractivity contribution >= 4 is 27.1 Å². The second-order valence-corrected chi connectivity index (χ2v) is 8.17. The van der Waals surface area contributed by atoms with Gasteiger partial charge in [0.15, 0.2) is 5.78 Å². The van der Waals surface area contributed by atoms with Crippen molar-refractivity contribution in [3.63, 3.8) is 0 Å². The van der Waals surface area contributed by atoms with Crippen LogP contribution in [-0.2, 0) is 10.0 Å². The molecule has 1 heterocycles. The molecule has 0 aliphatic heterocycles. The molecule has 0 unspecified atom stereocenters. The Kier molecular flexibility index (Phi) is 5.69. The molecule has 1 N–H and O–H groups in total. The summed E-state index contributed by atoms with van der Waals surface area (Å²) in [6, 6.07) is 9.88. The Morgan fingerprint density at radius 1 is 1.22 bits per heavy atom. The largest absolute Gasteiger partial charge is 0.300 e. The van der Waals surface area contributed by atoms with Crippen molar-refractivity contribution in [2.24, 2.45) is 0 Å². The van der Waals surface area contributed by atoms with E-state index in [0.29, 0.717) is 5.56 Å². The molecular weight excluding hydrogens is 332 g/mol. The van der Waals surface area contributed by atoms with Crippen LogP contribution in [0.2, 0.25) is 0 Å². The quantitative estimate of drug-likeness (QED) is 0.778. The number of thiophene rings is 1. The van der Waals surface area contributed by atoms with Crippen LogP contribution >= 0.6 is 11.3 Å². The van der Waals surface area contributed by atoms with Crippen LogP contribution < -0.4 is 4.72 Å². The van der Waals surface area contributed by atoms with Gasteiger partial charge in [0.05, 0.1) is 10.9 Å². The Morgan fingerprint density at radius 3 is 2.35 bits per heavy atom. The highest BCUT2D eigenvalue weighted by Crippen LogP contribution is 2.23. The number of carbonyl (C=O) groups excluding carboxylic acids is 1. The van der Waals surface area contributed by atoms with Gasteiger partial charge in [-0.1, -0.05) is 18.2 Å². The number of nitrogens with one attached hydrogen (secondary N) is 1. The van der Waals surface area contributed by atoms with E-state index in [4.69, 9.17) is 0 Å². The molecular formula is C16H20N2O3S2. The molecule has 0 fully saturated rings. The van der Waals surface area contributed by atoms with Gasteiger partial charge in [-0.2, -0.15) is 0 Å². The van der Waals surface area contributed by atoms with Gasteiger partial charge >= 0.3 is 0 Å². The molecule has 0 aliphatic carbocycles. The van der Waals surface area contributed by atoms with Gasteiger partial charge in [-0.25, -0.2) is 13.1 Å². The lowest BCUT2D eigenvalue weighted by Crippen LogP contribution is -2.34. The van der Waals surface area contributed by atoms with Crippen molar-refractivity contribution in [3.8, 4) is 0 Å².